The average Bonchev–Trinajstić information content (AvgIpc) is 3.88. The molecule has 0 unspecified atom stereocenters. The lowest BCUT2D eigenvalue weighted by molar-refractivity contribution is -0.154. The zero-order valence-electron chi connectivity index (χ0n) is 39.0. The number of fused-ring (bicyclic) bond motifs is 6. The van der Waals surface area contributed by atoms with Crippen molar-refractivity contribution >= 4 is 34.3 Å². The van der Waals surface area contributed by atoms with E-state index in [0.717, 1.165) is 33.4 Å². The molecule has 1 aliphatic heterocycles. The first-order valence-corrected chi connectivity index (χ1v) is 24.7. The van der Waals surface area contributed by atoms with Crippen molar-refractivity contribution in [3.05, 3.63) is 191 Å². The molecule has 6 aromatic carbocycles. The van der Waals surface area contributed by atoms with Crippen molar-refractivity contribution in [1.29, 1.82) is 0 Å². The highest BCUT2D eigenvalue weighted by molar-refractivity contribution is 7.84. The molecule has 1 fully saturated rings. The van der Waals surface area contributed by atoms with Crippen LogP contribution in [0.25, 0.3) is 22.3 Å². The van der Waals surface area contributed by atoms with Gasteiger partial charge in [0.2, 0.25) is 0 Å². The summed E-state index contributed by atoms with van der Waals surface area (Å²) < 4.78 is 57.8. The highest BCUT2D eigenvalue weighted by Crippen LogP contribution is 2.46. The summed E-state index contributed by atoms with van der Waals surface area (Å²) in [6, 6.07) is 50.8. The molecule has 0 N–H and O–H groups in total. The third kappa shape index (κ3) is 12.0. The molecular weight excluding hydrogens is 911 g/mol. The van der Waals surface area contributed by atoms with E-state index in [4.69, 9.17) is 27.9 Å². The van der Waals surface area contributed by atoms with Gasteiger partial charge in [-0.2, -0.15) is 12.7 Å². The molecule has 70 heavy (non-hydrogen) atoms. The third-order valence-electron chi connectivity index (χ3n) is 12.4. The number of hydrogen-bond acceptors (Lipinski definition) is 12. The van der Waals surface area contributed by atoms with Crippen molar-refractivity contribution in [2.45, 2.75) is 57.8 Å². The molecule has 3 aliphatic rings. The normalized spacial score (nSPS) is 15.8. The van der Waals surface area contributed by atoms with Crippen LogP contribution >= 0.6 is 0 Å². The van der Waals surface area contributed by atoms with Gasteiger partial charge in [-0.1, -0.05) is 158 Å². The standard InChI is InChI=1S/C30H32O5.C26H23NO7S/c1-21(2)33-19-23(30(32)35-18-22-10-4-3-5-11-22)16-17-29(31)34-20-28-26-14-8-6-12-24(26)25-13-7-9-15-27(25)28;28-25(32-15-18-8-2-1-3-9-18)19-14-27(35(30,31)34-16-19)26(29)33-17-24-22-12-6-4-10-20(22)21-11-5-7-13-23(21)24/h3-15,21,23,28H,16-20H2,1-2H3;1-13,19,24H,14-17H2/t23-;19-/m11/s1. The Hall–Kier alpha value is -7.13. The Bertz CT molecular complexity index is 2800. The topological polar surface area (TPSA) is 161 Å². The summed E-state index contributed by atoms with van der Waals surface area (Å²) in [6.45, 7) is 3.69. The molecule has 2 atom stereocenters. The first-order chi connectivity index (χ1) is 34.0. The predicted molar refractivity (Wildman–Crippen MR) is 261 cm³/mol. The smallest absolute Gasteiger partial charge is 0.425 e. The molecule has 2 aliphatic carbocycles. The van der Waals surface area contributed by atoms with Gasteiger partial charge in [0.25, 0.3) is 0 Å². The van der Waals surface area contributed by atoms with Crippen molar-refractivity contribution in [2.75, 3.05) is 33.0 Å². The van der Waals surface area contributed by atoms with E-state index in [1.807, 2.05) is 135 Å². The number of nitrogens with zero attached hydrogens (tertiary/aromatic N) is 1. The van der Waals surface area contributed by atoms with Crippen LogP contribution in [0.3, 0.4) is 0 Å². The summed E-state index contributed by atoms with van der Waals surface area (Å²) in [5.41, 5.74) is 10.6. The Balaban J connectivity index is 0.000000188. The lowest BCUT2D eigenvalue weighted by Crippen LogP contribution is -2.49. The fraction of sp³-hybridized carbons (Fsp3) is 0.286. The number of rotatable bonds is 16. The molecule has 1 amide bonds. The van der Waals surface area contributed by atoms with E-state index >= 15 is 0 Å². The van der Waals surface area contributed by atoms with Crippen molar-refractivity contribution in [1.82, 2.24) is 4.31 Å². The van der Waals surface area contributed by atoms with E-state index < -0.39 is 47.4 Å². The van der Waals surface area contributed by atoms with Crippen LogP contribution in [0, 0.1) is 11.8 Å². The van der Waals surface area contributed by atoms with Crippen molar-refractivity contribution in [3.63, 3.8) is 0 Å². The molecule has 6 aromatic rings. The Morgan fingerprint density at radius 1 is 0.586 bits per heavy atom. The summed E-state index contributed by atoms with van der Waals surface area (Å²) in [5, 5.41) is 0. The second kappa shape index (κ2) is 23.0. The molecule has 9 rings (SSSR count). The largest absolute Gasteiger partial charge is 0.465 e. The van der Waals surface area contributed by atoms with Gasteiger partial charge in [-0.3, -0.25) is 18.6 Å². The van der Waals surface area contributed by atoms with Gasteiger partial charge < -0.3 is 23.7 Å². The van der Waals surface area contributed by atoms with E-state index in [1.54, 1.807) is 12.1 Å². The van der Waals surface area contributed by atoms with Gasteiger partial charge in [0.1, 0.15) is 32.3 Å². The van der Waals surface area contributed by atoms with Crippen LogP contribution in [0.5, 0.6) is 0 Å². The lowest BCUT2D eigenvalue weighted by atomic mass is 9.98. The zero-order valence-corrected chi connectivity index (χ0v) is 39.8. The van der Waals surface area contributed by atoms with E-state index in [9.17, 15) is 27.6 Å². The minimum Gasteiger partial charge on any atom is -0.465 e. The average molecular weight is 966 g/mol. The number of ether oxygens (including phenoxy) is 5. The van der Waals surface area contributed by atoms with E-state index in [1.165, 1.54) is 22.3 Å². The Labute approximate surface area is 408 Å². The van der Waals surface area contributed by atoms with Crippen molar-refractivity contribution in [2.24, 2.45) is 11.8 Å². The number of hydrogen-bond donors (Lipinski definition) is 0. The maximum atomic E-state index is 12.8. The second-order valence-electron chi connectivity index (χ2n) is 17.5. The molecule has 0 bridgehead atoms. The van der Waals surface area contributed by atoms with Crippen LogP contribution in [-0.2, 0) is 65.8 Å². The highest BCUT2D eigenvalue weighted by Gasteiger charge is 2.42. The molecule has 0 spiro atoms. The quantitative estimate of drug-likeness (QED) is 0.0668. The molecule has 362 valence electrons. The Morgan fingerprint density at radius 2 is 1.03 bits per heavy atom. The summed E-state index contributed by atoms with van der Waals surface area (Å²) in [7, 11) is -4.37. The molecule has 13 nitrogen and oxygen atoms in total. The lowest BCUT2D eigenvalue weighted by Gasteiger charge is -2.30. The van der Waals surface area contributed by atoms with Crippen LogP contribution in [0.2, 0.25) is 0 Å². The van der Waals surface area contributed by atoms with Crippen LogP contribution in [-0.4, -0.2) is 75.8 Å². The van der Waals surface area contributed by atoms with Crippen molar-refractivity contribution in [3.8, 4) is 22.3 Å². The molecule has 1 heterocycles. The molecule has 0 saturated carbocycles. The maximum Gasteiger partial charge on any atom is 0.425 e. The molecule has 0 radical (unpaired) electrons. The van der Waals surface area contributed by atoms with Crippen LogP contribution in [0.4, 0.5) is 4.79 Å². The molecule has 14 heteroatoms. The molecule has 1 saturated heterocycles. The SMILES string of the molecule is CC(C)OC[C@@H](CCC(=O)OCC1c2ccccc2-c2ccccc21)C(=O)OCc1ccccc1.O=C(OCc1ccccc1)[C@H]1COS(=O)(=O)N(C(=O)OCC2c3ccccc3-c3ccccc32)C1. The predicted octanol–water partition coefficient (Wildman–Crippen LogP) is 9.78. The summed E-state index contributed by atoms with van der Waals surface area (Å²) in [6.07, 6.45) is -0.666. The first kappa shape index (κ1) is 49.3. The fourth-order valence-corrected chi connectivity index (χ4v) is 9.86. The number of amides is 1. The van der Waals surface area contributed by atoms with E-state index in [-0.39, 0.29) is 69.3 Å². The van der Waals surface area contributed by atoms with Crippen LogP contribution in [0.15, 0.2) is 158 Å². The van der Waals surface area contributed by atoms with Crippen molar-refractivity contribution < 1.29 is 55.5 Å². The van der Waals surface area contributed by atoms with Crippen LogP contribution < -0.4 is 0 Å². The second-order valence-corrected chi connectivity index (χ2v) is 19.0. The number of benzene rings is 6. The highest BCUT2D eigenvalue weighted by atomic mass is 32.2. The summed E-state index contributed by atoms with van der Waals surface area (Å²) in [4.78, 5) is 50.7. The fourth-order valence-electron chi connectivity index (χ4n) is 8.80. The monoisotopic (exact) mass is 965 g/mol. The summed E-state index contributed by atoms with van der Waals surface area (Å²) >= 11 is 0. The number of esters is 3. The van der Waals surface area contributed by atoms with Gasteiger partial charge in [-0.15, -0.1) is 0 Å². The Morgan fingerprint density at radius 3 is 1.51 bits per heavy atom. The van der Waals surface area contributed by atoms with Gasteiger partial charge in [0.05, 0.1) is 31.8 Å². The maximum absolute atomic E-state index is 12.8. The van der Waals surface area contributed by atoms with Crippen LogP contribution in [0.1, 0.15) is 71.9 Å². The molecule has 0 aromatic heterocycles. The van der Waals surface area contributed by atoms with Gasteiger partial charge in [-0.25, -0.2) is 4.79 Å². The van der Waals surface area contributed by atoms with Gasteiger partial charge in [-0.05, 0) is 75.9 Å². The minimum atomic E-state index is -4.37. The van der Waals surface area contributed by atoms with Gasteiger partial charge in [0.15, 0.2) is 0 Å². The van der Waals surface area contributed by atoms with Gasteiger partial charge >= 0.3 is 34.3 Å². The summed E-state index contributed by atoms with van der Waals surface area (Å²) in [5.74, 6) is -3.03. The zero-order chi connectivity index (χ0) is 49.0. The minimum absolute atomic E-state index is 0.0160. The Kier molecular flexibility index (Phi) is 16.2. The van der Waals surface area contributed by atoms with E-state index in [2.05, 4.69) is 24.3 Å². The molecular formula is C56H55NO12S. The van der Waals surface area contributed by atoms with Gasteiger partial charge in [0, 0.05) is 18.3 Å². The van der Waals surface area contributed by atoms with E-state index in [0.29, 0.717) is 10.7 Å². The number of carbonyl (C=O) groups excluding carboxylic acids is 4. The third-order valence-corrected chi connectivity index (χ3v) is 13.7. The first-order valence-electron chi connectivity index (χ1n) is 23.4. The number of carbonyl (C=O) groups is 4.